The van der Waals surface area contributed by atoms with Gasteiger partial charge in [0.2, 0.25) is 5.95 Å². The molecule has 144 valence electrons. The van der Waals surface area contributed by atoms with Gasteiger partial charge in [0.25, 0.3) is 0 Å². The molecule has 1 aromatic heterocycles. The topological polar surface area (TPSA) is 96.8 Å². The summed E-state index contributed by atoms with van der Waals surface area (Å²) in [4.78, 5) is 21.9. The molecule has 0 spiro atoms. The van der Waals surface area contributed by atoms with Gasteiger partial charge in [0.1, 0.15) is 25.0 Å². The molecule has 8 heteroatoms. The van der Waals surface area contributed by atoms with Crippen LogP contribution in [0.2, 0.25) is 0 Å². The van der Waals surface area contributed by atoms with Crippen LogP contribution in [0.25, 0.3) is 10.9 Å². The third kappa shape index (κ3) is 4.05. The molecule has 1 aliphatic carbocycles. The Hall–Kier alpha value is -2.61. The molecule has 1 aliphatic heterocycles. The van der Waals surface area contributed by atoms with Gasteiger partial charge < -0.3 is 24.8 Å². The Balaban J connectivity index is 1.42. The summed E-state index contributed by atoms with van der Waals surface area (Å²) in [6.45, 7) is 0.712. The van der Waals surface area contributed by atoms with Crippen LogP contribution >= 0.6 is 0 Å². The molecule has 2 fully saturated rings. The van der Waals surface area contributed by atoms with E-state index in [4.69, 9.17) is 9.47 Å². The van der Waals surface area contributed by atoms with E-state index < -0.39 is 0 Å². The second-order valence-electron chi connectivity index (χ2n) is 7.22. The van der Waals surface area contributed by atoms with E-state index in [1.54, 1.807) is 18.1 Å². The van der Waals surface area contributed by atoms with Gasteiger partial charge in [-0.2, -0.15) is 0 Å². The molecule has 0 bridgehead atoms. The zero-order valence-electron chi connectivity index (χ0n) is 15.3. The van der Waals surface area contributed by atoms with Gasteiger partial charge in [-0.25, -0.2) is 14.8 Å². The third-order valence-corrected chi connectivity index (χ3v) is 5.26. The van der Waals surface area contributed by atoms with Crippen molar-refractivity contribution in [3.63, 3.8) is 0 Å². The predicted molar refractivity (Wildman–Crippen MR) is 99.8 cm³/mol. The average Bonchev–Trinajstić information content (AvgIpc) is 3.00. The quantitative estimate of drug-likeness (QED) is 0.830. The van der Waals surface area contributed by atoms with Gasteiger partial charge in [-0.3, -0.25) is 0 Å². The fourth-order valence-electron chi connectivity index (χ4n) is 3.45. The van der Waals surface area contributed by atoms with Crippen molar-refractivity contribution in [1.29, 1.82) is 0 Å². The van der Waals surface area contributed by atoms with Gasteiger partial charge in [-0.15, -0.1) is 0 Å². The zero-order chi connectivity index (χ0) is 18.8. The first-order valence-electron chi connectivity index (χ1n) is 9.32. The monoisotopic (exact) mass is 372 g/mol. The molecule has 1 amide bonds. The van der Waals surface area contributed by atoms with Gasteiger partial charge >= 0.3 is 6.09 Å². The summed E-state index contributed by atoms with van der Waals surface area (Å²) in [5, 5.41) is 13.9. The SMILES string of the molecule is CN1C(=O)OC[C@@H]1COc1ccc2cnc(N[C@H]3CC[C@H](O)CC3)nc2c1. The molecule has 2 aliphatic rings. The fourth-order valence-corrected chi connectivity index (χ4v) is 3.45. The van der Waals surface area contributed by atoms with E-state index in [9.17, 15) is 9.90 Å². The highest BCUT2D eigenvalue weighted by molar-refractivity contribution is 5.80. The van der Waals surface area contributed by atoms with Crippen LogP contribution in [-0.2, 0) is 4.74 Å². The number of anilines is 1. The number of cyclic esters (lactones) is 1. The second kappa shape index (κ2) is 7.56. The van der Waals surface area contributed by atoms with E-state index in [1.165, 1.54) is 0 Å². The summed E-state index contributed by atoms with van der Waals surface area (Å²) in [7, 11) is 1.71. The predicted octanol–water partition coefficient (Wildman–Crippen LogP) is 2.17. The van der Waals surface area contributed by atoms with Crippen molar-refractivity contribution in [2.24, 2.45) is 0 Å². The number of rotatable bonds is 5. The number of likely N-dealkylation sites (N-methyl/N-ethyl adjacent to an activating group) is 1. The zero-order valence-corrected chi connectivity index (χ0v) is 15.3. The molecular formula is C19H24N4O4. The molecule has 2 aromatic rings. The molecule has 1 saturated carbocycles. The second-order valence-corrected chi connectivity index (χ2v) is 7.22. The molecule has 0 unspecified atom stereocenters. The largest absolute Gasteiger partial charge is 0.491 e. The molecule has 0 radical (unpaired) electrons. The van der Waals surface area contributed by atoms with Gasteiger partial charge in [-0.1, -0.05) is 0 Å². The molecule has 4 rings (SSSR count). The molecule has 1 saturated heterocycles. The highest BCUT2D eigenvalue weighted by atomic mass is 16.6. The van der Waals surface area contributed by atoms with E-state index in [-0.39, 0.29) is 18.2 Å². The Morgan fingerprint density at radius 3 is 2.89 bits per heavy atom. The van der Waals surface area contributed by atoms with E-state index >= 15 is 0 Å². The number of aliphatic hydroxyl groups excluding tert-OH is 1. The van der Waals surface area contributed by atoms with Crippen LogP contribution in [0.5, 0.6) is 5.75 Å². The molecule has 27 heavy (non-hydrogen) atoms. The Morgan fingerprint density at radius 1 is 1.33 bits per heavy atom. The third-order valence-electron chi connectivity index (χ3n) is 5.26. The van der Waals surface area contributed by atoms with Gasteiger partial charge in [-0.05, 0) is 37.8 Å². The lowest BCUT2D eigenvalue weighted by molar-refractivity contribution is 0.126. The van der Waals surface area contributed by atoms with Crippen LogP contribution in [0.3, 0.4) is 0 Å². The smallest absolute Gasteiger partial charge is 0.410 e. The van der Waals surface area contributed by atoms with Crippen molar-refractivity contribution in [1.82, 2.24) is 14.9 Å². The van der Waals surface area contributed by atoms with Crippen LogP contribution in [-0.4, -0.2) is 64.5 Å². The lowest BCUT2D eigenvalue weighted by atomic mass is 9.93. The van der Waals surface area contributed by atoms with Crippen LogP contribution in [0.15, 0.2) is 24.4 Å². The first-order chi connectivity index (χ1) is 13.1. The molecule has 2 N–H and O–H groups in total. The summed E-state index contributed by atoms with van der Waals surface area (Å²) < 4.78 is 10.8. The van der Waals surface area contributed by atoms with E-state index in [0.29, 0.717) is 31.0 Å². The molecular weight excluding hydrogens is 348 g/mol. The lowest BCUT2D eigenvalue weighted by Gasteiger charge is -2.26. The summed E-state index contributed by atoms with van der Waals surface area (Å²) in [6.07, 6.45) is 4.75. The highest BCUT2D eigenvalue weighted by Gasteiger charge is 2.30. The Bertz CT molecular complexity index is 822. The molecule has 1 atom stereocenters. The van der Waals surface area contributed by atoms with Crippen molar-refractivity contribution in [2.45, 2.75) is 43.9 Å². The number of fused-ring (bicyclic) bond motifs is 1. The van der Waals surface area contributed by atoms with Crippen molar-refractivity contribution >= 4 is 22.9 Å². The minimum Gasteiger partial charge on any atom is -0.491 e. The number of aromatic nitrogens is 2. The average molecular weight is 372 g/mol. The van der Waals surface area contributed by atoms with Crippen LogP contribution in [0.1, 0.15) is 25.7 Å². The van der Waals surface area contributed by atoms with E-state index in [0.717, 1.165) is 36.6 Å². The summed E-state index contributed by atoms with van der Waals surface area (Å²) >= 11 is 0. The molecule has 8 nitrogen and oxygen atoms in total. The number of hydrogen-bond donors (Lipinski definition) is 2. The summed E-state index contributed by atoms with van der Waals surface area (Å²) in [5.41, 5.74) is 0.799. The standard InChI is InChI=1S/C19H24N4O4/c1-23-14(11-27-19(23)25)10-26-16-7-2-12-9-20-18(22-17(12)8-16)21-13-3-5-15(24)6-4-13/h2,7-9,13-15,24H,3-6,10-11H2,1H3,(H,20,21,22)/t13-,14-,15-/m0/s1. The number of ether oxygens (including phenoxy) is 2. The lowest BCUT2D eigenvalue weighted by Crippen LogP contribution is -2.34. The normalized spacial score (nSPS) is 25.5. The van der Waals surface area contributed by atoms with E-state index in [2.05, 4.69) is 15.3 Å². The van der Waals surface area contributed by atoms with Gasteiger partial charge in [0.15, 0.2) is 0 Å². The first-order valence-corrected chi connectivity index (χ1v) is 9.32. The number of amides is 1. The van der Waals surface area contributed by atoms with E-state index in [1.807, 2.05) is 18.2 Å². The number of benzene rings is 1. The summed E-state index contributed by atoms with van der Waals surface area (Å²) in [5.74, 6) is 1.29. The van der Waals surface area contributed by atoms with Crippen LogP contribution in [0.4, 0.5) is 10.7 Å². The number of aliphatic hydroxyl groups is 1. The number of hydrogen-bond acceptors (Lipinski definition) is 7. The number of nitrogens with one attached hydrogen (secondary N) is 1. The highest BCUT2D eigenvalue weighted by Crippen LogP contribution is 2.24. The Kier molecular flexibility index (Phi) is 4.98. The van der Waals surface area contributed by atoms with Gasteiger partial charge in [0, 0.05) is 30.7 Å². The van der Waals surface area contributed by atoms with Crippen molar-refractivity contribution < 1.29 is 19.4 Å². The van der Waals surface area contributed by atoms with Crippen molar-refractivity contribution in [2.75, 3.05) is 25.6 Å². The van der Waals surface area contributed by atoms with Crippen LogP contribution < -0.4 is 10.1 Å². The van der Waals surface area contributed by atoms with Gasteiger partial charge in [0.05, 0.1) is 11.6 Å². The number of carbonyl (C=O) groups is 1. The van der Waals surface area contributed by atoms with Crippen molar-refractivity contribution in [3.8, 4) is 5.75 Å². The number of carbonyl (C=O) groups excluding carboxylic acids is 1. The summed E-state index contributed by atoms with van der Waals surface area (Å²) in [6, 6.07) is 5.88. The Labute approximate surface area is 157 Å². The molecule has 2 heterocycles. The number of nitrogens with zero attached hydrogens (tertiary/aromatic N) is 3. The molecule has 1 aromatic carbocycles. The maximum absolute atomic E-state index is 11.4. The maximum Gasteiger partial charge on any atom is 0.410 e. The fraction of sp³-hybridized carbons (Fsp3) is 0.526. The van der Waals surface area contributed by atoms with Crippen molar-refractivity contribution in [3.05, 3.63) is 24.4 Å². The first kappa shape index (κ1) is 17.8. The minimum atomic E-state index is -0.319. The Morgan fingerprint density at radius 2 is 2.15 bits per heavy atom. The van der Waals surface area contributed by atoms with Crippen LogP contribution in [0, 0.1) is 0 Å². The maximum atomic E-state index is 11.4. The minimum absolute atomic E-state index is 0.0857.